The first-order chi connectivity index (χ1) is 9.95. The second-order valence-electron chi connectivity index (χ2n) is 6.11. The SMILES string of the molecule is CCCCCC(C)CCCCCCCCCOS(=O)(=O)O. The highest BCUT2D eigenvalue weighted by molar-refractivity contribution is 7.80. The van der Waals surface area contributed by atoms with Crippen LogP contribution in [-0.2, 0) is 14.6 Å². The third-order valence-corrected chi connectivity index (χ3v) is 4.34. The summed E-state index contributed by atoms with van der Waals surface area (Å²) in [7, 11) is -4.25. The quantitative estimate of drug-likeness (QED) is 0.335. The Morgan fingerprint density at radius 3 is 1.86 bits per heavy atom. The second-order valence-corrected chi connectivity index (χ2v) is 7.21. The molecule has 1 unspecified atom stereocenters. The molecule has 1 atom stereocenters. The Morgan fingerprint density at radius 2 is 1.33 bits per heavy atom. The van der Waals surface area contributed by atoms with E-state index in [0.717, 1.165) is 18.8 Å². The lowest BCUT2D eigenvalue weighted by molar-refractivity contribution is 0.261. The third kappa shape index (κ3) is 17.8. The van der Waals surface area contributed by atoms with E-state index < -0.39 is 10.4 Å². The van der Waals surface area contributed by atoms with Gasteiger partial charge in [0.05, 0.1) is 6.61 Å². The molecule has 0 amide bonds. The van der Waals surface area contributed by atoms with Crippen molar-refractivity contribution in [3.63, 3.8) is 0 Å². The zero-order valence-corrected chi connectivity index (χ0v) is 14.7. The van der Waals surface area contributed by atoms with Gasteiger partial charge in [-0.25, -0.2) is 4.18 Å². The van der Waals surface area contributed by atoms with Crippen molar-refractivity contribution in [2.24, 2.45) is 5.92 Å². The summed E-state index contributed by atoms with van der Waals surface area (Å²) in [5, 5.41) is 0. The van der Waals surface area contributed by atoms with Crippen molar-refractivity contribution in [3.8, 4) is 0 Å². The minimum Gasteiger partial charge on any atom is -0.264 e. The molecule has 0 fully saturated rings. The molecular formula is C16H34O4S. The van der Waals surface area contributed by atoms with Gasteiger partial charge in [0.2, 0.25) is 0 Å². The molecule has 21 heavy (non-hydrogen) atoms. The average molecular weight is 323 g/mol. The number of unbranched alkanes of at least 4 members (excludes halogenated alkanes) is 8. The minimum atomic E-state index is -4.25. The Kier molecular flexibility index (Phi) is 13.4. The van der Waals surface area contributed by atoms with Crippen LogP contribution in [0.2, 0.25) is 0 Å². The van der Waals surface area contributed by atoms with Gasteiger partial charge in [0.15, 0.2) is 0 Å². The average Bonchev–Trinajstić information content (AvgIpc) is 2.40. The minimum absolute atomic E-state index is 0.0914. The van der Waals surface area contributed by atoms with E-state index >= 15 is 0 Å². The Hall–Kier alpha value is -0.130. The molecule has 0 aromatic heterocycles. The van der Waals surface area contributed by atoms with Crippen molar-refractivity contribution >= 4 is 10.4 Å². The predicted octanol–water partition coefficient (Wildman–Crippen LogP) is 5.14. The molecule has 0 heterocycles. The van der Waals surface area contributed by atoms with Crippen molar-refractivity contribution < 1.29 is 17.2 Å². The molecular weight excluding hydrogens is 288 g/mol. The normalized spacial score (nSPS) is 13.5. The van der Waals surface area contributed by atoms with Gasteiger partial charge in [-0.3, -0.25) is 4.55 Å². The number of rotatable bonds is 15. The number of hydrogen-bond acceptors (Lipinski definition) is 3. The maximum absolute atomic E-state index is 10.3. The molecule has 1 N–H and O–H groups in total. The molecule has 0 saturated carbocycles. The van der Waals surface area contributed by atoms with Gasteiger partial charge in [-0.1, -0.05) is 84.5 Å². The summed E-state index contributed by atoms with van der Waals surface area (Å²) in [5.41, 5.74) is 0. The summed E-state index contributed by atoms with van der Waals surface area (Å²) < 4.78 is 33.3. The molecule has 128 valence electrons. The van der Waals surface area contributed by atoms with Crippen molar-refractivity contribution in [3.05, 3.63) is 0 Å². The fourth-order valence-corrected chi connectivity index (χ4v) is 2.86. The lowest BCUT2D eigenvalue weighted by atomic mass is 9.96. The number of hydrogen-bond donors (Lipinski definition) is 1. The highest BCUT2D eigenvalue weighted by atomic mass is 32.3. The van der Waals surface area contributed by atoms with Crippen LogP contribution >= 0.6 is 0 Å². The zero-order valence-electron chi connectivity index (χ0n) is 13.8. The van der Waals surface area contributed by atoms with Crippen molar-refractivity contribution in [2.45, 2.75) is 90.9 Å². The fourth-order valence-electron chi connectivity index (χ4n) is 2.53. The molecule has 0 aliphatic carbocycles. The molecule has 0 spiro atoms. The van der Waals surface area contributed by atoms with Crippen LogP contribution < -0.4 is 0 Å². The summed E-state index contributed by atoms with van der Waals surface area (Å²) in [6.45, 7) is 4.71. The van der Waals surface area contributed by atoms with Crippen LogP contribution in [0.1, 0.15) is 90.9 Å². The second kappa shape index (κ2) is 13.5. The van der Waals surface area contributed by atoms with E-state index in [1.54, 1.807) is 0 Å². The van der Waals surface area contributed by atoms with Crippen LogP contribution in [0, 0.1) is 5.92 Å². The summed E-state index contributed by atoms with van der Waals surface area (Å²) in [4.78, 5) is 0. The highest BCUT2D eigenvalue weighted by Gasteiger charge is 2.03. The summed E-state index contributed by atoms with van der Waals surface area (Å²) in [6, 6.07) is 0. The van der Waals surface area contributed by atoms with Crippen LogP contribution in [0.25, 0.3) is 0 Å². The molecule has 0 rings (SSSR count). The van der Waals surface area contributed by atoms with E-state index in [1.165, 1.54) is 57.8 Å². The van der Waals surface area contributed by atoms with Crippen molar-refractivity contribution in [2.75, 3.05) is 6.61 Å². The van der Waals surface area contributed by atoms with Gasteiger partial charge < -0.3 is 0 Å². The zero-order chi connectivity index (χ0) is 16.0. The third-order valence-electron chi connectivity index (χ3n) is 3.87. The lowest BCUT2D eigenvalue weighted by Gasteiger charge is -2.10. The van der Waals surface area contributed by atoms with Crippen LogP contribution in [0.15, 0.2) is 0 Å². The molecule has 4 nitrogen and oxygen atoms in total. The molecule has 0 aliphatic heterocycles. The van der Waals surface area contributed by atoms with Gasteiger partial charge in [0, 0.05) is 0 Å². The van der Waals surface area contributed by atoms with E-state index in [0.29, 0.717) is 6.42 Å². The van der Waals surface area contributed by atoms with E-state index in [2.05, 4.69) is 18.0 Å². The summed E-state index contributed by atoms with van der Waals surface area (Å²) in [5.74, 6) is 0.870. The molecule has 0 saturated heterocycles. The maximum Gasteiger partial charge on any atom is 0.397 e. The Balaban J connectivity index is 3.18. The monoisotopic (exact) mass is 322 g/mol. The molecule has 0 aliphatic rings. The fraction of sp³-hybridized carbons (Fsp3) is 1.00. The van der Waals surface area contributed by atoms with E-state index in [9.17, 15) is 8.42 Å². The lowest BCUT2D eigenvalue weighted by Crippen LogP contribution is -2.04. The van der Waals surface area contributed by atoms with Crippen LogP contribution in [-0.4, -0.2) is 19.6 Å². The highest BCUT2D eigenvalue weighted by Crippen LogP contribution is 2.17. The molecule has 0 aromatic carbocycles. The van der Waals surface area contributed by atoms with Crippen LogP contribution in [0.3, 0.4) is 0 Å². The Bertz CT molecular complexity index is 314. The van der Waals surface area contributed by atoms with Gasteiger partial charge in [-0.15, -0.1) is 0 Å². The van der Waals surface area contributed by atoms with Crippen LogP contribution in [0.4, 0.5) is 0 Å². The van der Waals surface area contributed by atoms with Gasteiger partial charge in [0.25, 0.3) is 0 Å². The maximum atomic E-state index is 10.3. The summed E-state index contributed by atoms with van der Waals surface area (Å²) >= 11 is 0. The van der Waals surface area contributed by atoms with Crippen molar-refractivity contribution in [1.29, 1.82) is 0 Å². The van der Waals surface area contributed by atoms with Gasteiger partial charge in [-0.05, 0) is 12.3 Å². The molecule has 5 heteroatoms. The van der Waals surface area contributed by atoms with E-state index in [-0.39, 0.29) is 6.61 Å². The van der Waals surface area contributed by atoms with Gasteiger partial charge in [-0.2, -0.15) is 8.42 Å². The molecule has 0 aromatic rings. The smallest absolute Gasteiger partial charge is 0.264 e. The predicted molar refractivity (Wildman–Crippen MR) is 87.7 cm³/mol. The molecule has 0 radical (unpaired) electrons. The first kappa shape index (κ1) is 20.9. The van der Waals surface area contributed by atoms with Crippen LogP contribution in [0.5, 0.6) is 0 Å². The van der Waals surface area contributed by atoms with E-state index in [1.807, 2.05) is 0 Å². The van der Waals surface area contributed by atoms with Crippen molar-refractivity contribution in [1.82, 2.24) is 0 Å². The topological polar surface area (TPSA) is 63.6 Å². The first-order valence-electron chi connectivity index (χ1n) is 8.57. The first-order valence-corrected chi connectivity index (χ1v) is 9.94. The van der Waals surface area contributed by atoms with Gasteiger partial charge in [0.1, 0.15) is 0 Å². The largest absolute Gasteiger partial charge is 0.397 e. The van der Waals surface area contributed by atoms with E-state index in [4.69, 9.17) is 4.55 Å². The Labute approximate surface area is 131 Å². The van der Waals surface area contributed by atoms with Gasteiger partial charge >= 0.3 is 10.4 Å². The standard InChI is InChI=1S/C16H34O4S/c1-3-4-10-13-16(2)14-11-8-6-5-7-9-12-15-20-21(17,18)19/h16H,3-15H2,1-2H3,(H,17,18,19). The Morgan fingerprint density at radius 1 is 0.857 bits per heavy atom. The summed E-state index contributed by atoms with van der Waals surface area (Å²) in [6.07, 6.45) is 14.7. The molecule has 0 bridgehead atoms.